The minimum absolute atomic E-state index is 0. The molecule has 0 radical (unpaired) electrons. The molecule has 0 aliphatic carbocycles. The van der Waals surface area contributed by atoms with E-state index in [1.807, 2.05) is 0 Å². The first kappa shape index (κ1) is 35.9. The molecule has 0 heterocycles. The van der Waals surface area contributed by atoms with Gasteiger partial charge in [0.25, 0.3) is 0 Å². The molecular formula is C24H38CdO8. The van der Waals surface area contributed by atoms with Gasteiger partial charge in [0, 0.05) is 12.2 Å². The normalized spacial score (nSPS) is 10.2. The Balaban J connectivity index is -0.000000529. The fourth-order valence-corrected chi connectivity index (χ4v) is 2.48. The monoisotopic (exact) mass is 568 g/mol. The zero-order valence-electron chi connectivity index (χ0n) is 20.2. The molecule has 33 heavy (non-hydrogen) atoms. The third kappa shape index (κ3) is 35.1. The largest absolute Gasteiger partial charge is 2.00 e. The third-order valence-corrected chi connectivity index (χ3v) is 4.20. The van der Waals surface area contributed by atoms with E-state index in [0.29, 0.717) is 25.4 Å². The Morgan fingerprint density at radius 2 is 0.848 bits per heavy atom. The maximum Gasteiger partial charge on any atom is 2.00 e. The van der Waals surface area contributed by atoms with Crippen molar-refractivity contribution in [2.45, 2.75) is 90.9 Å². The number of unbranched alkanes of at least 4 members (excludes halogenated alkanes) is 10. The molecule has 0 saturated heterocycles. The van der Waals surface area contributed by atoms with Crippen LogP contribution in [0.1, 0.15) is 90.9 Å². The van der Waals surface area contributed by atoms with Gasteiger partial charge in [-0.3, -0.25) is 0 Å². The van der Waals surface area contributed by atoms with Gasteiger partial charge < -0.3 is 29.3 Å². The summed E-state index contributed by atoms with van der Waals surface area (Å²) in [5.41, 5.74) is 0. The van der Waals surface area contributed by atoms with E-state index in [1.54, 1.807) is 0 Å². The van der Waals surface area contributed by atoms with Crippen molar-refractivity contribution in [1.29, 1.82) is 0 Å². The fraction of sp³-hybridized carbons (Fsp3) is 0.667. The molecule has 0 aromatic rings. The predicted octanol–water partition coefficient (Wildman–Crippen LogP) is 2.39. The first-order valence-corrected chi connectivity index (χ1v) is 11.4. The van der Waals surface area contributed by atoms with Crippen LogP contribution in [0.4, 0.5) is 0 Å². The molecule has 0 aromatic heterocycles. The first-order chi connectivity index (χ1) is 15.3. The van der Waals surface area contributed by atoms with Crippen molar-refractivity contribution < 1.29 is 66.2 Å². The molecule has 0 aliphatic heterocycles. The Hall–Kier alpha value is -1.72. The molecule has 0 aliphatic rings. The number of carbonyl (C=O) groups is 4. The van der Waals surface area contributed by atoms with E-state index < -0.39 is 23.9 Å². The second kappa shape index (κ2) is 28.3. The van der Waals surface area contributed by atoms with Gasteiger partial charge in [-0.25, -0.2) is 9.59 Å². The van der Waals surface area contributed by atoms with Gasteiger partial charge in [-0.15, -0.1) is 0 Å². The Morgan fingerprint density at radius 1 is 0.545 bits per heavy atom. The summed E-state index contributed by atoms with van der Waals surface area (Å²) >= 11 is 0. The maximum absolute atomic E-state index is 10.9. The van der Waals surface area contributed by atoms with Crippen molar-refractivity contribution in [3.63, 3.8) is 0 Å². The molecule has 0 saturated carbocycles. The molecule has 8 nitrogen and oxygen atoms in total. The molecule has 0 aromatic carbocycles. The number of aliphatic carboxylic acids is 2. The molecule has 0 atom stereocenters. The van der Waals surface area contributed by atoms with E-state index in [2.05, 4.69) is 13.8 Å². The van der Waals surface area contributed by atoms with E-state index in [-0.39, 0.29) is 27.3 Å². The van der Waals surface area contributed by atoms with Crippen LogP contribution in [0.5, 0.6) is 0 Å². The second-order valence-electron chi connectivity index (χ2n) is 7.18. The number of carboxylic acids is 2. The molecule has 0 rings (SSSR count). The van der Waals surface area contributed by atoms with Crippen LogP contribution in [-0.4, -0.2) is 37.1 Å². The van der Waals surface area contributed by atoms with Gasteiger partial charge in [-0.05, 0) is 25.0 Å². The van der Waals surface area contributed by atoms with E-state index >= 15 is 0 Å². The van der Waals surface area contributed by atoms with Crippen LogP contribution in [0.2, 0.25) is 0 Å². The number of hydrogen-bond acceptors (Lipinski definition) is 8. The Bertz CT molecular complexity index is 523. The van der Waals surface area contributed by atoms with Crippen molar-refractivity contribution in [2.24, 2.45) is 0 Å². The van der Waals surface area contributed by atoms with E-state index in [9.17, 15) is 29.4 Å². The van der Waals surface area contributed by atoms with Gasteiger partial charge in [0.2, 0.25) is 0 Å². The Morgan fingerprint density at radius 3 is 1.15 bits per heavy atom. The van der Waals surface area contributed by atoms with E-state index in [1.165, 1.54) is 38.5 Å². The Labute approximate surface area is 218 Å². The van der Waals surface area contributed by atoms with Gasteiger partial charge in [-0.2, -0.15) is 0 Å². The van der Waals surface area contributed by atoms with Gasteiger partial charge in [0.05, 0.1) is 25.2 Å². The van der Waals surface area contributed by atoms with E-state index in [4.69, 9.17) is 9.47 Å². The molecular weight excluding hydrogens is 529 g/mol. The average Bonchev–Trinajstić information content (AvgIpc) is 2.75. The molecule has 9 heteroatoms. The summed E-state index contributed by atoms with van der Waals surface area (Å²) in [6, 6.07) is 0. The van der Waals surface area contributed by atoms with Gasteiger partial charge >= 0.3 is 39.2 Å². The number of esters is 2. The predicted molar refractivity (Wildman–Crippen MR) is 117 cm³/mol. The number of ether oxygens (including phenoxy) is 2. The van der Waals surface area contributed by atoms with Crippen LogP contribution in [0, 0.1) is 0 Å². The van der Waals surface area contributed by atoms with Crippen LogP contribution < -0.4 is 10.2 Å². The van der Waals surface area contributed by atoms with Crippen LogP contribution in [0.15, 0.2) is 24.3 Å². The van der Waals surface area contributed by atoms with Crippen molar-refractivity contribution >= 4 is 23.9 Å². The molecule has 0 spiro atoms. The van der Waals surface area contributed by atoms with Crippen molar-refractivity contribution in [1.82, 2.24) is 0 Å². The van der Waals surface area contributed by atoms with Crippen molar-refractivity contribution in [3.05, 3.63) is 24.3 Å². The zero-order valence-corrected chi connectivity index (χ0v) is 24.2. The summed E-state index contributed by atoms with van der Waals surface area (Å²) in [5.74, 6) is -4.04. The topological polar surface area (TPSA) is 133 Å². The summed E-state index contributed by atoms with van der Waals surface area (Å²) < 4.78 is 9.56. The second-order valence-corrected chi connectivity index (χ2v) is 7.18. The molecule has 0 amide bonds. The van der Waals surface area contributed by atoms with Gasteiger partial charge in [0.15, 0.2) is 0 Å². The maximum atomic E-state index is 10.9. The summed E-state index contributed by atoms with van der Waals surface area (Å²) in [5, 5.41) is 19.9. The van der Waals surface area contributed by atoms with Crippen molar-refractivity contribution in [2.75, 3.05) is 13.2 Å². The summed E-state index contributed by atoms with van der Waals surface area (Å²) in [6.07, 6.45) is 16.5. The van der Waals surface area contributed by atoms with Crippen LogP contribution in [0.25, 0.3) is 0 Å². The van der Waals surface area contributed by atoms with Crippen LogP contribution in [0.3, 0.4) is 0 Å². The van der Waals surface area contributed by atoms with Gasteiger partial charge in [0.1, 0.15) is 0 Å². The fourth-order valence-electron chi connectivity index (χ4n) is 2.48. The van der Waals surface area contributed by atoms with Gasteiger partial charge in [-0.1, -0.05) is 78.1 Å². The summed E-state index contributed by atoms with van der Waals surface area (Å²) in [7, 11) is 0. The molecule has 0 fully saturated rings. The van der Waals surface area contributed by atoms with Crippen LogP contribution >= 0.6 is 0 Å². The standard InChI is InChI=1S/2C12H20O4.Cd/c2*1-2-3-4-5-6-7-10-16-12(15)9-8-11(13)14;/h2*8-9H,2-7,10H2,1H3,(H,13,14);/q;;+2/p-2/b2*9-8-;. The first-order valence-electron chi connectivity index (χ1n) is 11.4. The molecule has 0 unspecified atom stereocenters. The SMILES string of the molecule is CCCCCCCCOC(=O)/C=C\C(=O)[O-].CCCCCCCCOC(=O)/C=C\C(=O)[O-].[Cd+2]. The molecule has 0 bridgehead atoms. The zero-order chi connectivity index (χ0) is 24.5. The minimum Gasteiger partial charge on any atom is -0.545 e. The van der Waals surface area contributed by atoms with Crippen molar-refractivity contribution in [3.8, 4) is 0 Å². The number of carboxylic acid groups (broad SMARTS) is 2. The quantitative estimate of drug-likeness (QED) is 0.107. The van der Waals surface area contributed by atoms with E-state index in [0.717, 1.165) is 50.7 Å². The number of carbonyl (C=O) groups excluding carboxylic acids is 4. The minimum atomic E-state index is -1.39. The smallest absolute Gasteiger partial charge is 0.545 e. The number of rotatable bonds is 18. The number of hydrogen-bond donors (Lipinski definition) is 0. The summed E-state index contributed by atoms with van der Waals surface area (Å²) in [6.45, 7) is 5.02. The third-order valence-electron chi connectivity index (χ3n) is 4.20. The average molecular weight is 567 g/mol. The Kier molecular flexibility index (Phi) is 30.8. The van der Waals surface area contributed by atoms with Crippen LogP contribution in [-0.2, 0) is 56.0 Å². The summed E-state index contributed by atoms with van der Waals surface area (Å²) in [4.78, 5) is 41.7. The molecule has 184 valence electrons. The molecule has 0 N–H and O–H groups in total.